The van der Waals surface area contributed by atoms with E-state index in [1.807, 2.05) is 0 Å². The Morgan fingerprint density at radius 1 is 0.287 bits per heavy atom. The molecule has 0 radical (unpaired) electrons. The number of ether oxygens (including phenoxy) is 1. The lowest BCUT2D eigenvalue weighted by molar-refractivity contribution is 0.487. The first-order valence-electron chi connectivity index (χ1n) is 27.7. The zero-order valence-corrected chi connectivity index (χ0v) is 43.1. The van der Waals surface area contributed by atoms with Gasteiger partial charge in [0.1, 0.15) is 11.5 Å². The van der Waals surface area contributed by atoms with Crippen LogP contribution in [0.5, 0.6) is 11.5 Å². The summed E-state index contributed by atoms with van der Waals surface area (Å²) in [5, 5.41) is 7.47. The van der Waals surface area contributed by atoms with E-state index in [2.05, 4.69) is 284 Å². The maximum atomic E-state index is 7.70. The Kier molecular flexibility index (Phi) is 8.33. The molecule has 0 atom stereocenters. The van der Waals surface area contributed by atoms with E-state index in [4.69, 9.17) is 4.74 Å². The highest BCUT2D eigenvalue weighted by Gasteiger charge is 2.47. The molecule has 0 fully saturated rings. The number of rotatable bonds is 5. The van der Waals surface area contributed by atoms with Crippen molar-refractivity contribution in [2.75, 3.05) is 9.80 Å². The van der Waals surface area contributed by atoms with Crippen molar-refractivity contribution in [3.63, 3.8) is 0 Å². The van der Waals surface area contributed by atoms with Crippen LogP contribution in [0.15, 0.2) is 261 Å². The first kappa shape index (κ1) is 42.7. The highest BCUT2D eigenvalue weighted by atomic mass is 16.5. The van der Waals surface area contributed by atoms with Crippen molar-refractivity contribution in [3.05, 3.63) is 261 Å². The summed E-state index contributed by atoms with van der Waals surface area (Å²) in [6.45, 7) is -0.229. The van der Waals surface area contributed by atoms with Crippen LogP contribution in [-0.2, 0) is 0 Å². The van der Waals surface area contributed by atoms with E-state index in [9.17, 15) is 0 Å². The number of fused-ring (bicyclic) bond motifs is 17. The minimum Gasteiger partial charge on any atom is -0.458 e. The maximum absolute atomic E-state index is 7.70. The minimum absolute atomic E-state index is 0.110. The van der Waals surface area contributed by atoms with Crippen LogP contribution in [0.1, 0.15) is 0 Å². The smallest absolute Gasteiger partial charge is 0.256 e. The Bertz CT molecular complexity index is 5110. The van der Waals surface area contributed by atoms with Gasteiger partial charge in [0.2, 0.25) is 0 Å². The van der Waals surface area contributed by atoms with Gasteiger partial charge in [0.25, 0.3) is 13.4 Å². The first-order valence-corrected chi connectivity index (χ1v) is 27.7. The molecule has 0 N–H and O–H groups in total. The number of hydrogen-bond acceptors (Lipinski definition) is 3. The van der Waals surface area contributed by atoms with Gasteiger partial charge < -0.3 is 28.2 Å². The summed E-state index contributed by atoms with van der Waals surface area (Å²) in [6.07, 6.45) is 0. The van der Waals surface area contributed by atoms with Gasteiger partial charge in [0.15, 0.2) is 0 Å². The average Bonchev–Trinajstić information content (AvgIpc) is 4.26. The summed E-state index contributed by atoms with van der Waals surface area (Å²) in [5.74, 6) is 1.74. The molecule has 368 valence electrons. The molecule has 0 saturated heterocycles. The second-order valence-corrected chi connectivity index (χ2v) is 21.9. The van der Waals surface area contributed by atoms with Crippen LogP contribution < -0.4 is 47.3 Å². The molecule has 4 aliphatic heterocycles. The van der Waals surface area contributed by atoms with Crippen LogP contribution in [0.3, 0.4) is 0 Å². The van der Waals surface area contributed by atoms with Crippen LogP contribution >= 0.6 is 0 Å². The lowest BCUT2D eigenvalue weighted by atomic mass is 9.31. The Hall–Kier alpha value is -10.4. The average molecular weight is 1020 g/mol. The van der Waals surface area contributed by atoms with Gasteiger partial charge in [-0.15, -0.1) is 0 Å². The zero-order valence-electron chi connectivity index (χ0n) is 43.1. The maximum Gasteiger partial charge on any atom is 0.256 e. The molecule has 0 aliphatic carbocycles. The Morgan fingerprint density at radius 3 is 1.32 bits per heavy atom. The third kappa shape index (κ3) is 5.49. The summed E-state index contributed by atoms with van der Waals surface area (Å²) >= 11 is 0. The summed E-state index contributed by atoms with van der Waals surface area (Å²) in [5.41, 5.74) is 24.7. The summed E-state index contributed by atoms with van der Waals surface area (Å²) < 4.78 is 15.2. The number of aromatic nitrogens is 3. The SMILES string of the molecule is c1ccc(N(c2ccccc2)c2cc3c4c(c2)-n2c5ccccc5c5cccc(c52)B4c2cc4c(cc2N3c2ccccc2)Oc2cc(-n3c5ccccc5c5ccccc53)cc3c2B4c2cccc4c5ccccc5n-3c24)cc1. The molecular formula is C72H43B2N5O. The number of para-hydroxylation sites is 9. The van der Waals surface area contributed by atoms with E-state index in [-0.39, 0.29) is 13.4 Å². The van der Waals surface area contributed by atoms with Gasteiger partial charge in [-0.1, -0.05) is 170 Å². The predicted octanol–water partition coefficient (Wildman–Crippen LogP) is 14.0. The molecule has 6 nitrogen and oxygen atoms in total. The highest BCUT2D eigenvalue weighted by molar-refractivity contribution is 7.02. The van der Waals surface area contributed by atoms with Crippen molar-refractivity contribution in [2.24, 2.45) is 0 Å². The van der Waals surface area contributed by atoms with E-state index in [1.54, 1.807) is 0 Å². The largest absolute Gasteiger partial charge is 0.458 e. The van der Waals surface area contributed by atoms with Gasteiger partial charge >= 0.3 is 0 Å². The van der Waals surface area contributed by atoms with Crippen LogP contribution in [0, 0.1) is 0 Å². The molecule has 3 aromatic heterocycles. The van der Waals surface area contributed by atoms with Gasteiger partial charge in [-0.2, -0.15) is 0 Å². The van der Waals surface area contributed by atoms with E-state index >= 15 is 0 Å². The number of anilines is 6. The Labute approximate surface area is 460 Å². The Morgan fingerprint density at radius 2 is 0.750 bits per heavy atom. The second kappa shape index (κ2) is 15.6. The molecule has 0 unspecified atom stereocenters. The summed E-state index contributed by atoms with van der Waals surface area (Å²) in [6, 6.07) is 96.6. The number of hydrogen-bond donors (Lipinski definition) is 0. The molecular weight excluding hydrogens is 972 g/mol. The van der Waals surface area contributed by atoms with E-state index < -0.39 is 0 Å². The van der Waals surface area contributed by atoms with Gasteiger partial charge in [0, 0.05) is 95.3 Å². The third-order valence-corrected chi connectivity index (χ3v) is 18.0. The first-order chi connectivity index (χ1) is 39.7. The molecule has 8 heteroatoms. The van der Waals surface area contributed by atoms with Gasteiger partial charge in [-0.25, -0.2) is 0 Å². The number of nitrogens with zero attached hydrogens (tertiary/aromatic N) is 5. The molecule has 0 saturated carbocycles. The molecule has 80 heavy (non-hydrogen) atoms. The molecule has 7 heterocycles. The Balaban J connectivity index is 0.930. The standard InChI is InChI=1S/C72H43B2N5O/c1-4-20-44(21-5-1)75(45-22-6-2-7-23-45)47-38-64-69-65(39-47)78-61-36-16-12-28-51(61)53-30-18-32-55(71(53)78)73(69)57-42-58-67(43-63(57)76(64)46-24-8-3-9-25-46)80-68-41-48(77-59-34-14-10-26-49(59)50-27-11-15-35-60(50)77)40-66-70(68)74(58)56-33-19-31-54-52-29-13-17-37-62(52)79(66)72(54)56/h1-43H. The fourth-order valence-corrected chi connectivity index (χ4v) is 15.0. The highest BCUT2D eigenvalue weighted by Crippen LogP contribution is 2.48. The van der Waals surface area contributed by atoms with E-state index in [1.165, 1.54) is 92.8 Å². The molecule has 15 aromatic rings. The van der Waals surface area contributed by atoms with Gasteiger partial charge in [-0.3, -0.25) is 0 Å². The molecule has 0 bridgehead atoms. The van der Waals surface area contributed by atoms with E-state index in [0.717, 1.165) is 68.0 Å². The van der Waals surface area contributed by atoms with Crippen molar-refractivity contribution in [3.8, 4) is 28.6 Å². The molecule has 12 aromatic carbocycles. The van der Waals surface area contributed by atoms with Crippen molar-refractivity contribution in [1.82, 2.24) is 13.7 Å². The van der Waals surface area contributed by atoms with Crippen molar-refractivity contribution >= 4 is 146 Å². The summed E-state index contributed by atoms with van der Waals surface area (Å²) in [7, 11) is 0. The fourth-order valence-electron chi connectivity index (χ4n) is 15.0. The normalized spacial score (nSPS) is 13.3. The molecule has 4 aliphatic rings. The van der Waals surface area contributed by atoms with Crippen molar-refractivity contribution < 1.29 is 4.74 Å². The van der Waals surface area contributed by atoms with E-state index in [0.29, 0.717) is 0 Å². The second-order valence-electron chi connectivity index (χ2n) is 21.9. The molecule has 19 rings (SSSR count). The summed E-state index contributed by atoms with van der Waals surface area (Å²) in [4.78, 5) is 4.94. The van der Waals surface area contributed by atoms with Gasteiger partial charge in [0.05, 0.1) is 33.4 Å². The van der Waals surface area contributed by atoms with Crippen molar-refractivity contribution in [1.29, 1.82) is 0 Å². The van der Waals surface area contributed by atoms with Crippen molar-refractivity contribution in [2.45, 2.75) is 0 Å². The zero-order chi connectivity index (χ0) is 51.9. The monoisotopic (exact) mass is 1020 g/mol. The lowest BCUT2D eigenvalue weighted by Gasteiger charge is -2.42. The van der Waals surface area contributed by atoms with Crippen LogP contribution in [-0.4, -0.2) is 27.1 Å². The van der Waals surface area contributed by atoms with Crippen LogP contribution in [0.4, 0.5) is 34.1 Å². The minimum atomic E-state index is -0.119. The van der Waals surface area contributed by atoms with Crippen LogP contribution in [0.2, 0.25) is 0 Å². The number of benzene rings is 12. The predicted molar refractivity (Wildman–Crippen MR) is 335 cm³/mol. The molecule has 0 amide bonds. The topological polar surface area (TPSA) is 30.5 Å². The quantitative estimate of drug-likeness (QED) is 0.161. The fraction of sp³-hybridized carbons (Fsp3) is 0. The van der Waals surface area contributed by atoms with Crippen LogP contribution in [0.25, 0.3) is 82.5 Å². The molecule has 0 spiro atoms. The van der Waals surface area contributed by atoms with Gasteiger partial charge in [-0.05, 0) is 112 Å². The lowest BCUT2D eigenvalue weighted by Crippen LogP contribution is -2.63. The third-order valence-electron chi connectivity index (χ3n) is 18.0.